The van der Waals surface area contributed by atoms with Crippen molar-refractivity contribution >= 4 is 0 Å². The molecule has 3 heteroatoms. The van der Waals surface area contributed by atoms with Gasteiger partial charge >= 0.3 is 0 Å². The molecule has 0 saturated carbocycles. The van der Waals surface area contributed by atoms with E-state index in [1.807, 2.05) is 32.0 Å². The lowest BCUT2D eigenvalue weighted by atomic mass is 10.1. The summed E-state index contributed by atoms with van der Waals surface area (Å²) in [6, 6.07) is 3.57. The Kier molecular flexibility index (Phi) is 4.09. The van der Waals surface area contributed by atoms with Gasteiger partial charge in [-0.2, -0.15) is 0 Å². The van der Waals surface area contributed by atoms with E-state index >= 15 is 0 Å². The van der Waals surface area contributed by atoms with E-state index in [0.29, 0.717) is 17.9 Å². The molecule has 0 atom stereocenters. The number of likely N-dealkylation sites (N-methyl/N-ethyl adjacent to an activating group) is 1. The molecular formula is C12H18FNO. The predicted octanol–water partition coefficient (Wildman–Crippen LogP) is 2.38. The maximum absolute atomic E-state index is 13.6. The van der Waals surface area contributed by atoms with Crippen molar-refractivity contribution in [2.45, 2.75) is 13.8 Å². The van der Waals surface area contributed by atoms with Crippen molar-refractivity contribution in [1.82, 2.24) is 4.90 Å². The molecule has 0 aliphatic heterocycles. The quantitative estimate of drug-likeness (QED) is 0.758. The van der Waals surface area contributed by atoms with Crippen LogP contribution in [0.4, 0.5) is 4.39 Å². The molecule has 2 nitrogen and oxygen atoms in total. The Morgan fingerprint density at radius 2 is 1.93 bits per heavy atom. The molecule has 0 aromatic heterocycles. The number of ether oxygens (including phenoxy) is 1. The van der Waals surface area contributed by atoms with Crippen LogP contribution in [-0.4, -0.2) is 32.1 Å². The summed E-state index contributed by atoms with van der Waals surface area (Å²) in [5.41, 5.74) is 1.62. The van der Waals surface area contributed by atoms with Gasteiger partial charge in [0.25, 0.3) is 0 Å². The fourth-order valence-corrected chi connectivity index (χ4v) is 1.21. The fraction of sp³-hybridized carbons (Fsp3) is 0.500. The van der Waals surface area contributed by atoms with E-state index in [1.54, 1.807) is 13.0 Å². The summed E-state index contributed by atoms with van der Waals surface area (Å²) in [4.78, 5) is 2.00. The second-order valence-corrected chi connectivity index (χ2v) is 3.97. The Balaban J connectivity index is 2.66. The van der Waals surface area contributed by atoms with Gasteiger partial charge in [0.1, 0.15) is 6.61 Å². The first-order valence-corrected chi connectivity index (χ1v) is 5.05. The lowest BCUT2D eigenvalue weighted by molar-refractivity contribution is 0.252. The van der Waals surface area contributed by atoms with Crippen molar-refractivity contribution in [2.75, 3.05) is 27.2 Å². The third-order valence-electron chi connectivity index (χ3n) is 2.42. The molecule has 0 unspecified atom stereocenters. The first-order valence-electron chi connectivity index (χ1n) is 5.05. The van der Waals surface area contributed by atoms with Gasteiger partial charge in [0.15, 0.2) is 11.6 Å². The molecule has 0 radical (unpaired) electrons. The Morgan fingerprint density at radius 3 is 2.53 bits per heavy atom. The van der Waals surface area contributed by atoms with Crippen molar-refractivity contribution in [3.8, 4) is 5.75 Å². The third kappa shape index (κ3) is 3.20. The van der Waals surface area contributed by atoms with Crippen molar-refractivity contribution in [3.63, 3.8) is 0 Å². The summed E-state index contributed by atoms with van der Waals surface area (Å²) < 4.78 is 19.0. The van der Waals surface area contributed by atoms with Crippen LogP contribution in [0.2, 0.25) is 0 Å². The maximum Gasteiger partial charge on any atom is 0.168 e. The van der Waals surface area contributed by atoms with Crippen molar-refractivity contribution in [3.05, 3.63) is 29.1 Å². The molecule has 0 saturated heterocycles. The van der Waals surface area contributed by atoms with Crippen LogP contribution < -0.4 is 4.74 Å². The third-order valence-corrected chi connectivity index (χ3v) is 2.42. The van der Waals surface area contributed by atoms with Gasteiger partial charge in [-0.05, 0) is 45.1 Å². The molecule has 0 amide bonds. The van der Waals surface area contributed by atoms with Crippen LogP contribution in [0.5, 0.6) is 5.75 Å². The summed E-state index contributed by atoms with van der Waals surface area (Å²) in [7, 11) is 3.92. The first-order chi connectivity index (χ1) is 7.02. The molecule has 0 N–H and O–H groups in total. The number of nitrogens with zero attached hydrogens (tertiary/aromatic N) is 1. The van der Waals surface area contributed by atoms with Crippen LogP contribution in [0.3, 0.4) is 0 Å². The Morgan fingerprint density at radius 1 is 1.27 bits per heavy atom. The lowest BCUT2D eigenvalue weighted by Crippen LogP contribution is -2.19. The topological polar surface area (TPSA) is 12.5 Å². The van der Waals surface area contributed by atoms with Crippen LogP contribution in [0.15, 0.2) is 12.1 Å². The molecule has 0 bridgehead atoms. The highest BCUT2D eigenvalue weighted by Crippen LogP contribution is 2.22. The van der Waals surface area contributed by atoms with Crippen LogP contribution in [0.25, 0.3) is 0 Å². The Hall–Kier alpha value is -1.09. The largest absolute Gasteiger partial charge is 0.489 e. The molecule has 1 aromatic carbocycles. The normalized spacial score (nSPS) is 10.8. The highest BCUT2D eigenvalue weighted by molar-refractivity contribution is 5.35. The average molecular weight is 211 g/mol. The minimum absolute atomic E-state index is 0.242. The van der Waals surface area contributed by atoms with E-state index < -0.39 is 0 Å². The number of hydrogen-bond donors (Lipinski definition) is 0. The molecule has 1 rings (SSSR count). The SMILES string of the molecule is Cc1ccc(OCCN(C)C)c(F)c1C. The summed E-state index contributed by atoms with van der Waals surface area (Å²) in [6.07, 6.45) is 0. The number of aryl methyl sites for hydroxylation is 1. The smallest absolute Gasteiger partial charge is 0.168 e. The van der Waals surface area contributed by atoms with Gasteiger partial charge in [-0.1, -0.05) is 6.07 Å². The first kappa shape index (κ1) is 12.0. The highest BCUT2D eigenvalue weighted by atomic mass is 19.1. The summed E-state index contributed by atoms with van der Waals surface area (Å²) in [6.45, 7) is 4.95. The number of rotatable bonds is 4. The molecule has 84 valence electrons. The van der Waals surface area contributed by atoms with Gasteiger partial charge in [0, 0.05) is 6.54 Å². The monoisotopic (exact) mass is 211 g/mol. The van der Waals surface area contributed by atoms with E-state index in [4.69, 9.17) is 4.74 Å². The second-order valence-electron chi connectivity index (χ2n) is 3.97. The van der Waals surface area contributed by atoms with Gasteiger partial charge in [-0.25, -0.2) is 4.39 Å². The highest BCUT2D eigenvalue weighted by Gasteiger charge is 2.08. The average Bonchev–Trinajstić information content (AvgIpc) is 2.18. The van der Waals surface area contributed by atoms with Crippen molar-refractivity contribution in [1.29, 1.82) is 0 Å². The van der Waals surface area contributed by atoms with Crippen LogP contribution in [0, 0.1) is 19.7 Å². The standard InChI is InChI=1S/C12H18FNO/c1-9-5-6-11(12(13)10(9)2)15-8-7-14(3)4/h5-6H,7-8H2,1-4H3. The lowest BCUT2D eigenvalue weighted by Gasteiger charge is -2.13. The molecular weight excluding hydrogens is 193 g/mol. The van der Waals surface area contributed by atoms with Crippen molar-refractivity contribution < 1.29 is 9.13 Å². The zero-order chi connectivity index (χ0) is 11.4. The van der Waals surface area contributed by atoms with E-state index in [1.165, 1.54) is 0 Å². The van der Waals surface area contributed by atoms with Crippen LogP contribution in [0.1, 0.15) is 11.1 Å². The summed E-state index contributed by atoms with van der Waals surface area (Å²) >= 11 is 0. The molecule has 0 aliphatic rings. The summed E-state index contributed by atoms with van der Waals surface area (Å²) in [5, 5.41) is 0. The van der Waals surface area contributed by atoms with E-state index in [2.05, 4.69) is 0 Å². The maximum atomic E-state index is 13.6. The number of benzene rings is 1. The number of halogens is 1. The van der Waals surface area contributed by atoms with Crippen LogP contribution >= 0.6 is 0 Å². The zero-order valence-electron chi connectivity index (χ0n) is 9.80. The predicted molar refractivity (Wildman–Crippen MR) is 59.9 cm³/mol. The van der Waals surface area contributed by atoms with E-state index in [0.717, 1.165) is 12.1 Å². The van der Waals surface area contributed by atoms with Gasteiger partial charge in [-0.15, -0.1) is 0 Å². The van der Waals surface area contributed by atoms with Crippen LogP contribution in [-0.2, 0) is 0 Å². The Bertz CT molecular complexity index is 337. The molecule has 1 aromatic rings. The fourth-order valence-electron chi connectivity index (χ4n) is 1.21. The van der Waals surface area contributed by atoms with E-state index in [-0.39, 0.29) is 5.82 Å². The van der Waals surface area contributed by atoms with Gasteiger partial charge in [0.2, 0.25) is 0 Å². The summed E-state index contributed by atoms with van der Waals surface area (Å²) in [5.74, 6) is 0.105. The van der Waals surface area contributed by atoms with E-state index in [9.17, 15) is 4.39 Å². The Labute approximate surface area is 90.7 Å². The molecule has 0 spiro atoms. The minimum Gasteiger partial charge on any atom is -0.489 e. The zero-order valence-corrected chi connectivity index (χ0v) is 9.80. The van der Waals surface area contributed by atoms with Gasteiger partial charge in [-0.3, -0.25) is 0 Å². The molecule has 15 heavy (non-hydrogen) atoms. The second kappa shape index (κ2) is 5.12. The van der Waals surface area contributed by atoms with Crippen molar-refractivity contribution in [2.24, 2.45) is 0 Å². The van der Waals surface area contributed by atoms with Gasteiger partial charge in [0.05, 0.1) is 0 Å². The molecule has 0 aliphatic carbocycles. The molecule has 0 heterocycles. The minimum atomic E-state index is -0.242. The number of hydrogen-bond acceptors (Lipinski definition) is 2. The molecule has 0 fully saturated rings. The van der Waals surface area contributed by atoms with Gasteiger partial charge < -0.3 is 9.64 Å².